The zero-order valence-electron chi connectivity index (χ0n) is 9.13. The molecule has 0 aliphatic carbocycles. The topological polar surface area (TPSA) is 42.0 Å². The van der Waals surface area contributed by atoms with Gasteiger partial charge in [-0.05, 0) is 30.0 Å². The van der Waals surface area contributed by atoms with Crippen LogP contribution in [0, 0.1) is 0 Å². The second kappa shape index (κ2) is 7.04. The van der Waals surface area contributed by atoms with Gasteiger partial charge in [-0.15, -0.1) is 23.7 Å². The van der Waals surface area contributed by atoms with Gasteiger partial charge in [0.15, 0.2) is 0 Å². The van der Waals surface area contributed by atoms with Gasteiger partial charge in [0, 0.05) is 29.4 Å². The van der Waals surface area contributed by atoms with E-state index in [0.717, 1.165) is 6.42 Å². The number of hydrogen-bond donors (Lipinski definition) is 1. The Hall–Kier alpha value is -1.39. The average Bonchev–Trinajstić information content (AvgIpc) is 2.83. The first kappa shape index (κ1) is 13.7. The van der Waals surface area contributed by atoms with Crippen molar-refractivity contribution in [1.82, 2.24) is 10.3 Å². The van der Waals surface area contributed by atoms with Gasteiger partial charge in [-0.25, -0.2) is 0 Å². The Morgan fingerprint density at radius 2 is 2.06 bits per heavy atom. The molecule has 0 aromatic carbocycles. The number of hydrogen-bond acceptors (Lipinski definition) is 3. The standard InChI is InChI=1S/C12H12N2OS.ClH/c15-12(10-3-6-13-7-4-10)14-8-5-11-2-1-9-16-11;/h1-4,6-7,9H,5,8H2,(H,14,15);1H. The first-order chi connectivity index (χ1) is 7.86. The molecule has 90 valence electrons. The molecule has 0 atom stereocenters. The highest BCUT2D eigenvalue weighted by molar-refractivity contribution is 7.09. The van der Waals surface area contributed by atoms with Crippen LogP contribution < -0.4 is 5.32 Å². The van der Waals surface area contributed by atoms with Gasteiger partial charge in [-0.2, -0.15) is 0 Å². The Labute approximate surface area is 110 Å². The van der Waals surface area contributed by atoms with Gasteiger partial charge in [-0.1, -0.05) is 6.07 Å². The van der Waals surface area contributed by atoms with E-state index in [0.29, 0.717) is 12.1 Å². The van der Waals surface area contributed by atoms with E-state index in [9.17, 15) is 4.79 Å². The number of carbonyl (C=O) groups excluding carboxylic acids is 1. The first-order valence-corrected chi connectivity index (χ1v) is 5.95. The summed E-state index contributed by atoms with van der Waals surface area (Å²) in [5.74, 6) is -0.0426. The summed E-state index contributed by atoms with van der Waals surface area (Å²) in [4.78, 5) is 16.8. The van der Waals surface area contributed by atoms with Crippen LogP contribution in [0.2, 0.25) is 0 Å². The van der Waals surface area contributed by atoms with Crippen LogP contribution in [0.25, 0.3) is 0 Å². The van der Waals surface area contributed by atoms with Crippen molar-refractivity contribution >= 4 is 29.7 Å². The summed E-state index contributed by atoms with van der Waals surface area (Å²) in [6.45, 7) is 0.668. The van der Waals surface area contributed by atoms with E-state index in [4.69, 9.17) is 0 Å². The van der Waals surface area contributed by atoms with Crippen molar-refractivity contribution in [2.24, 2.45) is 0 Å². The lowest BCUT2D eigenvalue weighted by molar-refractivity contribution is 0.0954. The van der Waals surface area contributed by atoms with Crippen LogP contribution in [0.3, 0.4) is 0 Å². The zero-order chi connectivity index (χ0) is 11.2. The van der Waals surface area contributed by atoms with E-state index in [1.54, 1.807) is 35.9 Å². The second-order valence-corrected chi connectivity index (χ2v) is 4.35. The summed E-state index contributed by atoms with van der Waals surface area (Å²) in [7, 11) is 0. The number of nitrogens with zero attached hydrogens (tertiary/aromatic N) is 1. The van der Waals surface area contributed by atoms with Gasteiger partial charge in [0.25, 0.3) is 5.91 Å². The highest BCUT2D eigenvalue weighted by Crippen LogP contribution is 2.08. The van der Waals surface area contributed by atoms with E-state index in [2.05, 4.69) is 16.4 Å². The molecule has 3 nitrogen and oxygen atoms in total. The van der Waals surface area contributed by atoms with E-state index in [1.165, 1.54) is 4.88 Å². The maximum atomic E-state index is 11.6. The molecule has 0 spiro atoms. The smallest absolute Gasteiger partial charge is 0.251 e. The predicted octanol–water partition coefficient (Wildman–Crippen LogP) is 2.54. The van der Waals surface area contributed by atoms with Crippen LogP contribution in [0.4, 0.5) is 0 Å². The fourth-order valence-corrected chi connectivity index (χ4v) is 2.07. The molecule has 0 saturated heterocycles. The molecule has 5 heteroatoms. The van der Waals surface area contributed by atoms with Crippen LogP contribution in [0.5, 0.6) is 0 Å². The third-order valence-corrected chi connectivity index (χ3v) is 3.12. The van der Waals surface area contributed by atoms with Gasteiger partial charge >= 0.3 is 0 Å². The third kappa shape index (κ3) is 4.17. The maximum Gasteiger partial charge on any atom is 0.251 e. The van der Waals surface area contributed by atoms with Crippen molar-refractivity contribution in [2.75, 3.05) is 6.54 Å². The molecule has 0 fully saturated rings. The van der Waals surface area contributed by atoms with Crippen LogP contribution in [0.15, 0.2) is 42.0 Å². The van der Waals surface area contributed by atoms with Crippen molar-refractivity contribution < 1.29 is 4.79 Å². The second-order valence-electron chi connectivity index (χ2n) is 3.32. The minimum atomic E-state index is -0.0426. The highest BCUT2D eigenvalue weighted by atomic mass is 35.5. The molecule has 0 aliphatic rings. The van der Waals surface area contributed by atoms with Crippen molar-refractivity contribution in [3.8, 4) is 0 Å². The number of rotatable bonds is 4. The molecule has 2 rings (SSSR count). The lowest BCUT2D eigenvalue weighted by atomic mass is 10.2. The largest absolute Gasteiger partial charge is 0.352 e. The van der Waals surface area contributed by atoms with Crippen LogP contribution >= 0.6 is 23.7 Å². The first-order valence-electron chi connectivity index (χ1n) is 5.07. The molecule has 1 amide bonds. The maximum absolute atomic E-state index is 11.6. The quantitative estimate of drug-likeness (QED) is 0.926. The normalized spacial score (nSPS) is 9.41. The van der Waals surface area contributed by atoms with Gasteiger partial charge in [0.1, 0.15) is 0 Å². The molecule has 0 unspecified atom stereocenters. The molecule has 0 radical (unpaired) electrons. The Bertz CT molecular complexity index is 445. The number of halogens is 1. The predicted molar refractivity (Wildman–Crippen MR) is 71.8 cm³/mol. The van der Waals surface area contributed by atoms with Gasteiger partial charge < -0.3 is 5.32 Å². The van der Waals surface area contributed by atoms with E-state index in [-0.39, 0.29) is 18.3 Å². The highest BCUT2D eigenvalue weighted by Gasteiger charge is 2.03. The molecule has 0 aliphatic heterocycles. The SMILES string of the molecule is Cl.O=C(NCCc1cccs1)c1ccncc1. The monoisotopic (exact) mass is 268 g/mol. The molecule has 2 aromatic rings. The summed E-state index contributed by atoms with van der Waals surface area (Å²) >= 11 is 1.71. The third-order valence-electron chi connectivity index (χ3n) is 2.18. The van der Waals surface area contributed by atoms with Crippen molar-refractivity contribution in [3.63, 3.8) is 0 Å². The van der Waals surface area contributed by atoms with E-state index < -0.39 is 0 Å². The number of aromatic nitrogens is 1. The Morgan fingerprint density at radius 3 is 2.71 bits per heavy atom. The molecule has 17 heavy (non-hydrogen) atoms. The van der Waals surface area contributed by atoms with E-state index >= 15 is 0 Å². The van der Waals surface area contributed by atoms with Crippen LogP contribution in [0.1, 0.15) is 15.2 Å². The summed E-state index contributed by atoms with van der Waals surface area (Å²) in [6, 6.07) is 7.51. The molecule has 1 N–H and O–H groups in total. The molecular formula is C12H13ClN2OS. The fourth-order valence-electron chi connectivity index (χ4n) is 1.36. The number of amides is 1. The van der Waals surface area contributed by atoms with Crippen molar-refractivity contribution in [1.29, 1.82) is 0 Å². The number of carbonyl (C=O) groups is 1. The average molecular weight is 269 g/mol. The van der Waals surface area contributed by atoms with E-state index in [1.807, 2.05) is 11.4 Å². The molecule has 2 heterocycles. The summed E-state index contributed by atoms with van der Waals surface area (Å²) in [5.41, 5.74) is 0.654. The Morgan fingerprint density at radius 1 is 1.29 bits per heavy atom. The molecular weight excluding hydrogens is 256 g/mol. The van der Waals surface area contributed by atoms with Crippen LogP contribution in [-0.2, 0) is 6.42 Å². The van der Waals surface area contributed by atoms with Gasteiger partial charge in [0.05, 0.1) is 0 Å². The lowest BCUT2D eigenvalue weighted by Gasteiger charge is -2.03. The fraction of sp³-hybridized carbons (Fsp3) is 0.167. The molecule has 0 bridgehead atoms. The zero-order valence-corrected chi connectivity index (χ0v) is 10.8. The van der Waals surface area contributed by atoms with Crippen molar-refractivity contribution in [3.05, 3.63) is 52.5 Å². The minimum Gasteiger partial charge on any atom is -0.352 e. The summed E-state index contributed by atoms with van der Waals surface area (Å²) in [6.07, 6.45) is 4.12. The molecule has 2 aromatic heterocycles. The Kier molecular flexibility index (Phi) is 5.66. The number of pyridine rings is 1. The minimum absolute atomic E-state index is 0. The van der Waals surface area contributed by atoms with Crippen LogP contribution in [-0.4, -0.2) is 17.4 Å². The van der Waals surface area contributed by atoms with Crippen molar-refractivity contribution in [2.45, 2.75) is 6.42 Å². The van der Waals surface area contributed by atoms with Gasteiger partial charge in [0.2, 0.25) is 0 Å². The Balaban J connectivity index is 0.00000144. The number of thiophene rings is 1. The molecule has 0 saturated carbocycles. The lowest BCUT2D eigenvalue weighted by Crippen LogP contribution is -2.25. The van der Waals surface area contributed by atoms with Gasteiger partial charge in [-0.3, -0.25) is 9.78 Å². The summed E-state index contributed by atoms with van der Waals surface area (Å²) in [5, 5.41) is 4.92. The summed E-state index contributed by atoms with van der Waals surface area (Å²) < 4.78 is 0. The number of nitrogens with one attached hydrogen (secondary N) is 1.